The number of rotatable bonds is 2. The molecule has 1 aromatic rings. The highest BCUT2D eigenvalue weighted by Gasteiger charge is 2.21. The van der Waals surface area contributed by atoms with Gasteiger partial charge in [-0.15, -0.1) is 0 Å². The van der Waals surface area contributed by atoms with Crippen molar-refractivity contribution in [2.24, 2.45) is 5.41 Å². The molecule has 3 N–H and O–H groups in total. The summed E-state index contributed by atoms with van der Waals surface area (Å²) in [5.74, 6) is -0.154. The number of aromatic nitrogens is 1. The Bertz CT molecular complexity index is 388. The number of hydrogen-bond donors (Lipinski definition) is 3. The monoisotopic (exact) mass is 222 g/mol. The van der Waals surface area contributed by atoms with E-state index in [2.05, 4.69) is 10.3 Å². The summed E-state index contributed by atoms with van der Waals surface area (Å²) in [6, 6.07) is 1.47. The quantitative estimate of drug-likeness (QED) is 0.602. The predicted octanol–water partition coefficient (Wildman–Crippen LogP) is -0.254. The van der Waals surface area contributed by atoms with Crippen LogP contribution in [-0.4, -0.2) is 28.1 Å². The van der Waals surface area contributed by atoms with E-state index in [0.29, 0.717) is 5.69 Å². The molecule has 86 valence electrons. The van der Waals surface area contributed by atoms with E-state index in [-0.39, 0.29) is 11.4 Å². The summed E-state index contributed by atoms with van der Waals surface area (Å²) in [4.78, 5) is 15.5. The molecule has 0 bridgehead atoms. The maximum atomic E-state index is 11.7. The maximum absolute atomic E-state index is 11.7. The fraction of sp³-hybridized carbons (Fsp3) is 0.400. The SMILES string of the molecule is CC(C)(C)C(=O)Nc1cncc(B(O)O)c1. The van der Waals surface area contributed by atoms with Gasteiger partial charge in [0.25, 0.3) is 0 Å². The van der Waals surface area contributed by atoms with Crippen LogP contribution < -0.4 is 10.8 Å². The topological polar surface area (TPSA) is 82.5 Å². The third kappa shape index (κ3) is 3.32. The standard InChI is InChI=1S/C10H15BN2O3/c1-10(2,3)9(14)13-8-4-7(11(15)16)5-12-6-8/h4-6,15-16H,1-3H3,(H,13,14). The summed E-state index contributed by atoms with van der Waals surface area (Å²) < 4.78 is 0. The van der Waals surface area contributed by atoms with E-state index < -0.39 is 12.5 Å². The van der Waals surface area contributed by atoms with E-state index in [1.54, 1.807) is 20.8 Å². The smallest absolute Gasteiger partial charge is 0.423 e. The Labute approximate surface area is 94.7 Å². The van der Waals surface area contributed by atoms with Gasteiger partial charge < -0.3 is 15.4 Å². The number of amides is 1. The molecule has 0 radical (unpaired) electrons. The van der Waals surface area contributed by atoms with Crippen LogP contribution in [0.15, 0.2) is 18.5 Å². The van der Waals surface area contributed by atoms with Gasteiger partial charge >= 0.3 is 7.12 Å². The second kappa shape index (κ2) is 4.63. The van der Waals surface area contributed by atoms with E-state index in [1.165, 1.54) is 18.5 Å². The summed E-state index contributed by atoms with van der Waals surface area (Å²) in [7, 11) is -1.58. The molecular formula is C10H15BN2O3. The molecule has 0 saturated heterocycles. The van der Waals surface area contributed by atoms with Crippen molar-refractivity contribution in [1.29, 1.82) is 0 Å². The van der Waals surface area contributed by atoms with E-state index in [1.807, 2.05) is 0 Å². The molecule has 0 aromatic carbocycles. The lowest BCUT2D eigenvalue weighted by molar-refractivity contribution is -0.123. The molecule has 0 atom stereocenters. The van der Waals surface area contributed by atoms with Crippen LogP contribution in [0.2, 0.25) is 0 Å². The number of carbonyl (C=O) groups excluding carboxylic acids is 1. The Morgan fingerprint density at radius 3 is 2.50 bits per heavy atom. The molecule has 1 rings (SSSR count). The van der Waals surface area contributed by atoms with Gasteiger partial charge in [0.2, 0.25) is 5.91 Å². The molecule has 0 aliphatic rings. The molecule has 0 aliphatic heterocycles. The van der Waals surface area contributed by atoms with E-state index in [4.69, 9.17) is 10.0 Å². The molecule has 0 aliphatic carbocycles. The molecule has 1 aromatic heterocycles. The van der Waals surface area contributed by atoms with Crippen LogP contribution >= 0.6 is 0 Å². The number of nitrogens with zero attached hydrogens (tertiary/aromatic N) is 1. The van der Waals surface area contributed by atoms with Gasteiger partial charge in [-0.3, -0.25) is 9.78 Å². The third-order valence-corrected chi connectivity index (χ3v) is 2.00. The minimum Gasteiger partial charge on any atom is -0.423 e. The van der Waals surface area contributed by atoms with Crippen molar-refractivity contribution in [3.63, 3.8) is 0 Å². The molecule has 16 heavy (non-hydrogen) atoms. The zero-order valence-electron chi connectivity index (χ0n) is 9.56. The maximum Gasteiger partial charge on any atom is 0.490 e. The van der Waals surface area contributed by atoms with Gasteiger partial charge in [0.05, 0.1) is 11.9 Å². The molecule has 0 saturated carbocycles. The molecule has 6 heteroatoms. The Balaban J connectivity index is 2.83. The second-order valence-corrected chi connectivity index (χ2v) is 4.58. The zero-order chi connectivity index (χ0) is 12.3. The number of nitrogens with one attached hydrogen (secondary N) is 1. The number of carbonyl (C=O) groups is 1. The molecular weight excluding hydrogens is 207 g/mol. The minimum absolute atomic E-state index is 0.154. The second-order valence-electron chi connectivity index (χ2n) is 4.58. The van der Waals surface area contributed by atoms with Crippen LogP contribution in [0.25, 0.3) is 0 Å². The average molecular weight is 222 g/mol. The lowest BCUT2D eigenvalue weighted by atomic mass is 9.81. The van der Waals surface area contributed by atoms with Crippen molar-refractivity contribution in [2.45, 2.75) is 20.8 Å². The fourth-order valence-electron chi connectivity index (χ4n) is 0.986. The van der Waals surface area contributed by atoms with Crippen molar-refractivity contribution >= 4 is 24.2 Å². The van der Waals surface area contributed by atoms with Crippen LogP contribution in [0.3, 0.4) is 0 Å². The Hall–Kier alpha value is -1.40. The molecule has 1 amide bonds. The number of pyridine rings is 1. The van der Waals surface area contributed by atoms with Crippen molar-refractivity contribution in [1.82, 2.24) is 4.98 Å². The molecule has 5 nitrogen and oxygen atoms in total. The normalized spacial score (nSPS) is 11.1. The first-order chi connectivity index (χ1) is 7.30. The van der Waals surface area contributed by atoms with E-state index in [0.717, 1.165) is 0 Å². The summed E-state index contributed by atoms with van der Waals surface area (Å²) in [5, 5.41) is 20.5. The first-order valence-electron chi connectivity index (χ1n) is 4.93. The highest BCUT2D eigenvalue weighted by molar-refractivity contribution is 6.58. The van der Waals surface area contributed by atoms with Crippen LogP contribution in [0, 0.1) is 5.41 Å². The van der Waals surface area contributed by atoms with Crippen LogP contribution in [0.4, 0.5) is 5.69 Å². The van der Waals surface area contributed by atoms with Crippen LogP contribution in [-0.2, 0) is 4.79 Å². The predicted molar refractivity (Wildman–Crippen MR) is 62.1 cm³/mol. The summed E-state index contributed by atoms with van der Waals surface area (Å²) in [6.45, 7) is 5.38. The van der Waals surface area contributed by atoms with Gasteiger partial charge in [-0.25, -0.2) is 0 Å². The highest BCUT2D eigenvalue weighted by atomic mass is 16.4. The van der Waals surface area contributed by atoms with Gasteiger partial charge in [0.15, 0.2) is 0 Å². The molecule has 0 fully saturated rings. The Kier molecular flexibility index (Phi) is 3.67. The minimum atomic E-state index is -1.58. The van der Waals surface area contributed by atoms with Gasteiger partial charge in [-0.1, -0.05) is 20.8 Å². The first kappa shape index (κ1) is 12.7. The lowest BCUT2D eigenvalue weighted by Crippen LogP contribution is -2.32. The van der Waals surface area contributed by atoms with Gasteiger partial charge in [-0.05, 0) is 6.07 Å². The average Bonchev–Trinajstić information content (AvgIpc) is 2.16. The van der Waals surface area contributed by atoms with Crippen molar-refractivity contribution < 1.29 is 14.8 Å². The fourth-order valence-corrected chi connectivity index (χ4v) is 0.986. The summed E-state index contributed by atoms with van der Waals surface area (Å²) in [6.07, 6.45) is 2.78. The van der Waals surface area contributed by atoms with E-state index in [9.17, 15) is 4.79 Å². The van der Waals surface area contributed by atoms with Crippen LogP contribution in [0.1, 0.15) is 20.8 Å². The molecule has 1 heterocycles. The summed E-state index contributed by atoms with van der Waals surface area (Å²) >= 11 is 0. The zero-order valence-corrected chi connectivity index (χ0v) is 9.56. The largest absolute Gasteiger partial charge is 0.490 e. The summed E-state index contributed by atoms with van der Waals surface area (Å²) in [5.41, 5.74) is 0.186. The molecule has 0 spiro atoms. The third-order valence-electron chi connectivity index (χ3n) is 2.00. The Morgan fingerprint density at radius 2 is 2.00 bits per heavy atom. The van der Waals surface area contributed by atoms with Gasteiger partial charge in [0.1, 0.15) is 0 Å². The van der Waals surface area contributed by atoms with E-state index >= 15 is 0 Å². The van der Waals surface area contributed by atoms with Crippen molar-refractivity contribution in [3.05, 3.63) is 18.5 Å². The van der Waals surface area contributed by atoms with Gasteiger partial charge in [-0.2, -0.15) is 0 Å². The highest BCUT2D eigenvalue weighted by Crippen LogP contribution is 2.16. The van der Waals surface area contributed by atoms with Crippen molar-refractivity contribution in [3.8, 4) is 0 Å². The van der Waals surface area contributed by atoms with Gasteiger partial charge in [0, 0.05) is 17.1 Å². The Morgan fingerprint density at radius 1 is 1.38 bits per heavy atom. The lowest BCUT2D eigenvalue weighted by Gasteiger charge is -2.17. The number of hydrogen-bond acceptors (Lipinski definition) is 4. The van der Waals surface area contributed by atoms with Crippen LogP contribution in [0.5, 0.6) is 0 Å². The molecule has 0 unspecified atom stereocenters. The number of anilines is 1. The van der Waals surface area contributed by atoms with Crippen molar-refractivity contribution in [2.75, 3.05) is 5.32 Å². The first-order valence-corrected chi connectivity index (χ1v) is 4.93.